The Morgan fingerprint density at radius 3 is 2.61 bits per heavy atom. The van der Waals surface area contributed by atoms with Gasteiger partial charge in [-0.05, 0) is 64.6 Å². The molecule has 1 N–H and O–H groups in total. The number of allylic oxidation sites excluding steroid dienone is 2. The molecule has 1 amide bonds. The molecular formula is C28H37BrN2O6S. The van der Waals surface area contributed by atoms with Crippen molar-refractivity contribution in [2.75, 3.05) is 0 Å². The van der Waals surface area contributed by atoms with Crippen molar-refractivity contribution in [2.45, 2.75) is 104 Å². The van der Waals surface area contributed by atoms with Crippen molar-refractivity contribution in [3.63, 3.8) is 0 Å². The molecule has 1 aromatic rings. The Morgan fingerprint density at radius 2 is 1.95 bits per heavy atom. The maximum absolute atomic E-state index is 12.8. The Bertz CT molecular complexity index is 1120. The summed E-state index contributed by atoms with van der Waals surface area (Å²) in [5.74, 6) is 4.08. The molecule has 2 heterocycles. The lowest BCUT2D eigenvalue weighted by atomic mass is 9.97. The Hall–Kier alpha value is -2.64. The number of hydrogen-bond acceptors (Lipinski definition) is 8. The summed E-state index contributed by atoms with van der Waals surface area (Å²) in [7, 11) is 0. The van der Waals surface area contributed by atoms with Crippen LogP contribution in [0.1, 0.15) is 84.3 Å². The van der Waals surface area contributed by atoms with Crippen molar-refractivity contribution in [2.24, 2.45) is 0 Å². The molecule has 0 fully saturated rings. The number of carbonyl (C=O) groups is 3. The second-order valence-corrected chi connectivity index (χ2v) is 12.7. The molecule has 208 valence electrons. The number of cyclic esters (lactones) is 2. The molecule has 1 aliphatic rings. The number of alkyl carbamates (subject to hydrolysis) is 1. The highest BCUT2D eigenvalue weighted by atomic mass is 79.9. The highest BCUT2D eigenvalue weighted by molar-refractivity contribution is 9.11. The molecule has 0 spiro atoms. The maximum Gasteiger partial charge on any atom is 0.407 e. The first-order valence-electron chi connectivity index (χ1n) is 12.5. The van der Waals surface area contributed by atoms with E-state index < -0.39 is 41.9 Å². The van der Waals surface area contributed by atoms with Crippen LogP contribution in [0.3, 0.4) is 0 Å². The zero-order valence-electron chi connectivity index (χ0n) is 23.1. The predicted molar refractivity (Wildman–Crippen MR) is 151 cm³/mol. The van der Waals surface area contributed by atoms with E-state index in [1.54, 1.807) is 39.8 Å². The van der Waals surface area contributed by atoms with Crippen LogP contribution in [0.25, 0.3) is 0 Å². The average molecular weight is 610 g/mol. The van der Waals surface area contributed by atoms with Crippen molar-refractivity contribution in [1.29, 1.82) is 0 Å². The Kier molecular flexibility index (Phi) is 12.0. The summed E-state index contributed by atoms with van der Waals surface area (Å²) < 4.78 is 17.4. The van der Waals surface area contributed by atoms with Crippen LogP contribution in [0.15, 0.2) is 27.6 Å². The van der Waals surface area contributed by atoms with Crippen LogP contribution in [-0.4, -0.2) is 46.9 Å². The number of nitrogens with one attached hydrogen (secondary N) is 1. The standard InChI is InChI=1S/C28H37BrN2O6S/c1-17-9-8-10-25(32)36-22(13-19(3)29)15-24-31-23(16-38-24)18(2)12-21(14-26(33)35-20(4)11-17)30-27(34)37-28(5,6)7/h9,13,16,18,20-22H,11-12,14-15H2,1-7H3,(H,30,34)/b17-9+,19-13+/t18-,20-,21?,22+/m0/s1. The second-order valence-electron chi connectivity index (χ2n) is 10.5. The van der Waals surface area contributed by atoms with Gasteiger partial charge in [0.25, 0.3) is 0 Å². The first-order valence-corrected chi connectivity index (χ1v) is 14.2. The van der Waals surface area contributed by atoms with Crippen molar-refractivity contribution >= 4 is 45.3 Å². The molecule has 10 heteroatoms. The maximum atomic E-state index is 12.8. The lowest BCUT2D eigenvalue weighted by molar-refractivity contribution is -0.148. The lowest BCUT2D eigenvalue weighted by Crippen LogP contribution is -2.41. The molecule has 8 nitrogen and oxygen atoms in total. The summed E-state index contributed by atoms with van der Waals surface area (Å²) in [5, 5.41) is 5.57. The second kappa shape index (κ2) is 14.5. The summed E-state index contributed by atoms with van der Waals surface area (Å²) in [6, 6.07) is -0.512. The van der Waals surface area contributed by atoms with Crippen LogP contribution < -0.4 is 5.32 Å². The van der Waals surface area contributed by atoms with Crippen LogP contribution in [0.5, 0.6) is 0 Å². The summed E-state index contributed by atoms with van der Waals surface area (Å²) in [4.78, 5) is 42.4. The van der Waals surface area contributed by atoms with Crippen molar-refractivity contribution in [3.8, 4) is 11.8 Å². The highest BCUT2D eigenvalue weighted by Gasteiger charge is 2.26. The summed E-state index contributed by atoms with van der Waals surface area (Å²) in [6.07, 6.45) is 3.17. The molecule has 0 aromatic carbocycles. The van der Waals surface area contributed by atoms with Gasteiger partial charge in [0.1, 0.15) is 17.8 Å². The topological polar surface area (TPSA) is 104 Å². The molecule has 0 saturated carbocycles. The van der Waals surface area contributed by atoms with Crippen LogP contribution in [0, 0.1) is 11.8 Å². The lowest BCUT2D eigenvalue weighted by Gasteiger charge is -2.25. The zero-order valence-corrected chi connectivity index (χ0v) is 25.5. The fourth-order valence-corrected chi connectivity index (χ4v) is 5.09. The summed E-state index contributed by atoms with van der Waals surface area (Å²) in [6.45, 7) is 12.8. The van der Waals surface area contributed by atoms with E-state index in [1.807, 2.05) is 26.2 Å². The number of fused-ring (bicyclic) bond motifs is 2. The third kappa shape index (κ3) is 12.3. The van der Waals surface area contributed by atoms with Gasteiger partial charge in [0.2, 0.25) is 0 Å². The minimum absolute atomic E-state index is 0.00672. The molecule has 1 aliphatic heterocycles. The van der Waals surface area contributed by atoms with Crippen LogP contribution in [-0.2, 0) is 30.2 Å². The van der Waals surface area contributed by atoms with Crippen molar-refractivity contribution in [3.05, 3.63) is 38.3 Å². The molecule has 0 aliphatic carbocycles. The molecule has 0 saturated heterocycles. The fraction of sp³-hybridized carbons (Fsp3) is 0.571. The Labute approximate surface area is 237 Å². The highest BCUT2D eigenvalue weighted by Crippen LogP contribution is 2.26. The first kappa shape index (κ1) is 31.6. The van der Waals surface area contributed by atoms with E-state index in [1.165, 1.54) is 11.3 Å². The van der Waals surface area contributed by atoms with E-state index in [0.717, 1.165) is 20.8 Å². The number of amides is 1. The molecule has 2 bridgehead atoms. The van der Waals surface area contributed by atoms with Gasteiger partial charge in [-0.1, -0.05) is 34.3 Å². The van der Waals surface area contributed by atoms with E-state index >= 15 is 0 Å². The van der Waals surface area contributed by atoms with Gasteiger partial charge in [-0.3, -0.25) is 4.79 Å². The van der Waals surface area contributed by atoms with Crippen molar-refractivity contribution < 1.29 is 28.6 Å². The van der Waals surface area contributed by atoms with Gasteiger partial charge < -0.3 is 19.5 Å². The van der Waals surface area contributed by atoms with Gasteiger partial charge in [0.05, 0.1) is 17.1 Å². The van der Waals surface area contributed by atoms with Gasteiger partial charge in [-0.2, -0.15) is 0 Å². The van der Waals surface area contributed by atoms with Gasteiger partial charge in [-0.25, -0.2) is 14.6 Å². The van der Waals surface area contributed by atoms with E-state index in [0.29, 0.717) is 19.3 Å². The number of carbonyl (C=O) groups excluding carboxylic acids is 3. The molecule has 0 radical (unpaired) electrons. The number of rotatable bonds is 2. The number of esters is 2. The largest absolute Gasteiger partial charge is 0.462 e. The summed E-state index contributed by atoms with van der Waals surface area (Å²) >= 11 is 4.87. The number of ether oxygens (including phenoxy) is 3. The summed E-state index contributed by atoms with van der Waals surface area (Å²) in [5.41, 5.74) is 1.01. The van der Waals surface area contributed by atoms with E-state index in [2.05, 4.69) is 33.1 Å². The third-order valence-electron chi connectivity index (χ3n) is 5.33. The molecule has 4 atom stereocenters. The van der Waals surface area contributed by atoms with Gasteiger partial charge in [-0.15, -0.1) is 11.3 Å². The fourth-order valence-electron chi connectivity index (χ4n) is 3.84. The molecule has 1 aromatic heterocycles. The number of nitrogens with zero attached hydrogens (tertiary/aromatic N) is 1. The normalized spacial score (nSPS) is 25.7. The zero-order chi connectivity index (χ0) is 28.5. The Morgan fingerprint density at radius 1 is 1.24 bits per heavy atom. The van der Waals surface area contributed by atoms with Crippen LogP contribution in [0.2, 0.25) is 0 Å². The number of aromatic nitrogens is 1. The van der Waals surface area contributed by atoms with E-state index in [9.17, 15) is 14.4 Å². The number of halogens is 1. The van der Waals surface area contributed by atoms with Gasteiger partial charge in [0, 0.05) is 36.1 Å². The van der Waals surface area contributed by atoms with Crippen molar-refractivity contribution in [1.82, 2.24) is 10.3 Å². The Balaban J connectivity index is 2.35. The molecule has 1 unspecified atom stereocenters. The van der Waals surface area contributed by atoms with Gasteiger partial charge in [0.15, 0.2) is 0 Å². The number of hydrogen-bond donors (Lipinski definition) is 1. The predicted octanol–water partition coefficient (Wildman–Crippen LogP) is 5.96. The molecular weight excluding hydrogens is 572 g/mol. The van der Waals surface area contributed by atoms with E-state index in [4.69, 9.17) is 19.2 Å². The quantitative estimate of drug-likeness (QED) is 0.191. The monoisotopic (exact) mass is 608 g/mol. The smallest absolute Gasteiger partial charge is 0.407 e. The average Bonchev–Trinajstić information content (AvgIpc) is 3.19. The molecule has 38 heavy (non-hydrogen) atoms. The van der Waals surface area contributed by atoms with Crippen LogP contribution in [0.4, 0.5) is 4.79 Å². The van der Waals surface area contributed by atoms with E-state index in [-0.39, 0.29) is 12.3 Å². The molecule has 2 rings (SSSR count). The van der Waals surface area contributed by atoms with Gasteiger partial charge >= 0.3 is 18.0 Å². The van der Waals surface area contributed by atoms with Crippen LogP contribution >= 0.6 is 27.3 Å². The SMILES string of the molecule is C/C(Br)=C\[C@@H]1Cc2nc(cs2)[C@@H](C)CC(NC(=O)OC(C)(C)C)CC(=O)O[C@@H](C)C/C(C)=C/C#CC(=O)O1. The first-order chi connectivity index (χ1) is 17.7. The minimum Gasteiger partial charge on any atom is -0.462 e. The third-order valence-corrected chi connectivity index (χ3v) is 6.48. The minimum atomic E-state index is -0.669. The number of thiazole rings is 1.